The maximum absolute atomic E-state index is 10.3. The highest BCUT2D eigenvalue weighted by Crippen LogP contribution is 2.18. The van der Waals surface area contributed by atoms with Crippen molar-refractivity contribution in [3.05, 3.63) is 47.1 Å². The Hall–Kier alpha value is -1.83. The molecule has 0 spiro atoms. The first-order valence-corrected chi connectivity index (χ1v) is 10.1. The summed E-state index contributed by atoms with van der Waals surface area (Å²) >= 11 is 3.41. The molecular formula is C20H26BrN3O3. The molecule has 0 amide bonds. The second-order valence-corrected chi connectivity index (χ2v) is 7.41. The van der Waals surface area contributed by atoms with Gasteiger partial charge in [0.25, 0.3) is 0 Å². The first-order chi connectivity index (χ1) is 13.1. The van der Waals surface area contributed by atoms with Gasteiger partial charge in [-0.3, -0.25) is 4.90 Å². The number of nitrogens with zero attached hydrogens (tertiary/aromatic N) is 3. The van der Waals surface area contributed by atoms with E-state index in [1.807, 2.05) is 49.5 Å². The number of aliphatic hydroxyl groups is 1. The number of aromatic nitrogens is 1. The van der Waals surface area contributed by atoms with Crippen LogP contribution in [0.4, 0.5) is 5.82 Å². The largest absolute Gasteiger partial charge is 0.494 e. The number of hydrogen-bond donors (Lipinski definition) is 1. The number of halogens is 1. The summed E-state index contributed by atoms with van der Waals surface area (Å²) in [5.74, 6) is 2.56. The van der Waals surface area contributed by atoms with Crippen molar-refractivity contribution in [3.63, 3.8) is 0 Å². The van der Waals surface area contributed by atoms with Gasteiger partial charge in [-0.15, -0.1) is 0 Å². The molecular weight excluding hydrogens is 410 g/mol. The van der Waals surface area contributed by atoms with E-state index in [1.165, 1.54) is 0 Å². The first-order valence-electron chi connectivity index (χ1n) is 9.26. The van der Waals surface area contributed by atoms with Crippen LogP contribution in [0.25, 0.3) is 0 Å². The van der Waals surface area contributed by atoms with Crippen molar-refractivity contribution in [1.82, 2.24) is 9.88 Å². The average molecular weight is 436 g/mol. The summed E-state index contributed by atoms with van der Waals surface area (Å²) in [4.78, 5) is 8.99. The highest BCUT2D eigenvalue weighted by molar-refractivity contribution is 9.10. The van der Waals surface area contributed by atoms with E-state index in [9.17, 15) is 5.11 Å². The number of piperazine rings is 1. The van der Waals surface area contributed by atoms with Crippen molar-refractivity contribution in [2.24, 2.45) is 0 Å². The van der Waals surface area contributed by atoms with Crippen LogP contribution >= 0.6 is 15.9 Å². The summed E-state index contributed by atoms with van der Waals surface area (Å²) in [6.45, 7) is 7.10. The molecule has 0 aliphatic carbocycles. The number of ether oxygens (including phenoxy) is 2. The molecule has 1 atom stereocenters. The highest BCUT2D eigenvalue weighted by Gasteiger charge is 2.20. The van der Waals surface area contributed by atoms with Crippen molar-refractivity contribution in [2.75, 3.05) is 50.8 Å². The van der Waals surface area contributed by atoms with Crippen molar-refractivity contribution in [2.45, 2.75) is 13.0 Å². The standard InChI is InChI=1S/C20H26BrN3O3/c1-2-26-18-4-6-19(7-5-18)27-15-17(25)14-23-9-11-24(12-10-23)20-8-3-16(21)13-22-20/h3-8,13,17,25H,2,9-12,14-15H2,1H3. The third-order valence-electron chi connectivity index (χ3n) is 4.45. The van der Waals surface area contributed by atoms with Gasteiger partial charge in [-0.25, -0.2) is 4.98 Å². The lowest BCUT2D eigenvalue weighted by molar-refractivity contribution is 0.0662. The van der Waals surface area contributed by atoms with Crippen LogP contribution in [-0.2, 0) is 0 Å². The SMILES string of the molecule is CCOc1ccc(OCC(O)CN2CCN(c3ccc(Br)cn3)CC2)cc1. The summed E-state index contributed by atoms with van der Waals surface area (Å²) in [6, 6.07) is 11.5. The van der Waals surface area contributed by atoms with Gasteiger partial charge in [-0.05, 0) is 59.3 Å². The molecule has 1 aromatic carbocycles. The van der Waals surface area contributed by atoms with Gasteiger partial charge in [0.2, 0.25) is 0 Å². The van der Waals surface area contributed by atoms with Gasteiger partial charge in [0, 0.05) is 43.4 Å². The number of hydrogen-bond acceptors (Lipinski definition) is 6. The van der Waals surface area contributed by atoms with Crippen LogP contribution in [0.5, 0.6) is 11.5 Å². The van der Waals surface area contributed by atoms with Crippen LogP contribution < -0.4 is 14.4 Å². The van der Waals surface area contributed by atoms with Crippen LogP contribution in [0.15, 0.2) is 47.1 Å². The molecule has 1 saturated heterocycles. The van der Waals surface area contributed by atoms with Crippen molar-refractivity contribution in [1.29, 1.82) is 0 Å². The predicted molar refractivity (Wildman–Crippen MR) is 110 cm³/mol. The normalized spacial score (nSPS) is 16.2. The number of aliphatic hydroxyl groups excluding tert-OH is 1. The Morgan fingerprint density at radius 3 is 2.30 bits per heavy atom. The second-order valence-electron chi connectivity index (χ2n) is 6.49. The zero-order valence-electron chi connectivity index (χ0n) is 15.6. The van der Waals surface area contributed by atoms with Crippen molar-refractivity contribution in [3.8, 4) is 11.5 Å². The van der Waals surface area contributed by atoms with Crippen LogP contribution in [0.1, 0.15) is 6.92 Å². The predicted octanol–water partition coefficient (Wildman–Crippen LogP) is 2.80. The lowest BCUT2D eigenvalue weighted by Crippen LogP contribution is -2.49. The molecule has 0 bridgehead atoms. The fourth-order valence-electron chi connectivity index (χ4n) is 3.06. The fraction of sp³-hybridized carbons (Fsp3) is 0.450. The van der Waals surface area contributed by atoms with Gasteiger partial charge in [0.15, 0.2) is 0 Å². The number of β-amino-alcohol motifs (C(OH)–C–C–N with tert-alkyl or cyclic N) is 1. The zero-order chi connectivity index (χ0) is 19.1. The van der Waals surface area contributed by atoms with E-state index < -0.39 is 6.10 Å². The van der Waals surface area contributed by atoms with Crippen molar-refractivity contribution >= 4 is 21.7 Å². The monoisotopic (exact) mass is 435 g/mol. The van der Waals surface area contributed by atoms with E-state index in [0.717, 1.165) is 48.0 Å². The quantitative estimate of drug-likeness (QED) is 0.687. The maximum Gasteiger partial charge on any atom is 0.128 e. The smallest absolute Gasteiger partial charge is 0.128 e. The van der Waals surface area contributed by atoms with Crippen LogP contribution in [0.2, 0.25) is 0 Å². The minimum atomic E-state index is -0.520. The molecule has 0 saturated carbocycles. The van der Waals surface area contributed by atoms with Gasteiger partial charge >= 0.3 is 0 Å². The molecule has 1 aliphatic rings. The summed E-state index contributed by atoms with van der Waals surface area (Å²) in [7, 11) is 0. The molecule has 0 radical (unpaired) electrons. The summed E-state index contributed by atoms with van der Waals surface area (Å²) in [5.41, 5.74) is 0. The third-order valence-corrected chi connectivity index (χ3v) is 4.92. The second kappa shape index (κ2) is 9.92. The van der Waals surface area contributed by atoms with E-state index in [0.29, 0.717) is 13.2 Å². The molecule has 1 aromatic heterocycles. The number of benzene rings is 1. The molecule has 1 N–H and O–H groups in total. The maximum atomic E-state index is 10.3. The fourth-order valence-corrected chi connectivity index (χ4v) is 3.29. The Labute approximate surface area is 168 Å². The molecule has 3 rings (SSSR count). The van der Waals surface area contributed by atoms with E-state index >= 15 is 0 Å². The van der Waals surface area contributed by atoms with Gasteiger partial charge in [-0.1, -0.05) is 0 Å². The minimum absolute atomic E-state index is 0.280. The van der Waals surface area contributed by atoms with Crippen LogP contribution in [-0.4, -0.2) is 67.0 Å². The lowest BCUT2D eigenvalue weighted by Gasteiger charge is -2.36. The third kappa shape index (κ3) is 6.09. The van der Waals surface area contributed by atoms with E-state index in [-0.39, 0.29) is 6.61 Å². The number of rotatable bonds is 8. The topological polar surface area (TPSA) is 58.1 Å². The molecule has 2 heterocycles. The van der Waals surface area contributed by atoms with Crippen molar-refractivity contribution < 1.29 is 14.6 Å². The number of anilines is 1. The Kier molecular flexibility index (Phi) is 7.32. The molecule has 146 valence electrons. The van der Waals surface area contributed by atoms with E-state index in [4.69, 9.17) is 9.47 Å². The summed E-state index contributed by atoms with van der Waals surface area (Å²) in [6.07, 6.45) is 1.30. The van der Waals surface area contributed by atoms with Gasteiger partial charge in [0.1, 0.15) is 30.0 Å². The molecule has 27 heavy (non-hydrogen) atoms. The Morgan fingerprint density at radius 1 is 1.04 bits per heavy atom. The molecule has 1 unspecified atom stereocenters. The minimum Gasteiger partial charge on any atom is -0.494 e. The Bertz CT molecular complexity index is 689. The summed E-state index contributed by atoms with van der Waals surface area (Å²) in [5, 5.41) is 10.3. The molecule has 2 aromatic rings. The average Bonchev–Trinajstić information content (AvgIpc) is 2.69. The molecule has 7 heteroatoms. The van der Waals surface area contributed by atoms with E-state index in [1.54, 1.807) is 0 Å². The first kappa shape index (κ1) is 19.9. The Balaban J connectivity index is 1.38. The van der Waals surface area contributed by atoms with Crippen LogP contribution in [0.3, 0.4) is 0 Å². The van der Waals surface area contributed by atoms with Gasteiger partial charge in [-0.2, -0.15) is 0 Å². The Morgan fingerprint density at radius 2 is 1.70 bits per heavy atom. The zero-order valence-corrected chi connectivity index (χ0v) is 17.1. The van der Waals surface area contributed by atoms with E-state index in [2.05, 4.69) is 30.7 Å². The molecule has 1 fully saturated rings. The van der Waals surface area contributed by atoms with Gasteiger partial charge in [0.05, 0.1) is 6.61 Å². The molecule has 1 aliphatic heterocycles. The van der Waals surface area contributed by atoms with Gasteiger partial charge < -0.3 is 19.5 Å². The highest BCUT2D eigenvalue weighted by atomic mass is 79.9. The number of pyridine rings is 1. The summed E-state index contributed by atoms with van der Waals surface area (Å²) < 4.78 is 12.1. The van der Waals surface area contributed by atoms with Crippen LogP contribution in [0, 0.1) is 0 Å². The lowest BCUT2D eigenvalue weighted by atomic mass is 10.2. The molecule has 6 nitrogen and oxygen atoms in total.